The molecule has 0 unspecified atom stereocenters. The number of H-pyrrole nitrogens is 1. The third-order valence-electron chi connectivity index (χ3n) is 3.99. The van der Waals surface area contributed by atoms with Gasteiger partial charge in [-0.1, -0.05) is 42.0 Å². The summed E-state index contributed by atoms with van der Waals surface area (Å²) in [6.45, 7) is 6.98. The van der Waals surface area contributed by atoms with Crippen molar-refractivity contribution in [1.29, 1.82) is 0 Å². The zero-order valence-corrected chi connectivity index (χ0v) is 16.1. The fourth-order valence-corrected chi connectivity index (χ4v) is 3.54. The quantitative estimate of drug-likeness (QED) is 0.491. The van der Waals surface area contributed by atoms with Crippen LogP contribution in [0.1, 0.15) is 10.4 Å². The van der Waals surface area contributed by atoms with Crippen molar-refractivity contribution in [1.82, 2.24) is 19.7 Å². The van der Waals surface area contributed by atoms with E-state index in [0.717, 1.165) is 10.4 Å². The van der Waals surface area contributed by atoms with Crippen molar-refractivity contribution < 1.29 is 4.79 Å². The first-order chi connectivity index (χ1) is 12.6. The number of nitrogens with zero attached hydrogens (tertiary/aromatic N) is 3. The lowest BCUT2D eigenvalue weighted by atomic mass is 10.1. The molecule has 1 aromatic carbocycles. The van der Waals surface area contributed by atoms with Gasteiger partial charge in [-0.25, -0.2) is 0 Å². The van der Waals surface area contributed by atoms with Crippen molar-refractivity contribution in [2.75, 3.05) is 6.54 Å². The Morgan fingerprint density at radius 1 is 1.38 bits per heavy atom. The summed E-state index contributed by atoms with van der Waals surface area (Å²) in [5, 5.41) is 9.11. The Morgan fingerprint density at radius 3 is 2.81 bits per heavy atom. The van der Waals surface area contributed by atoms with E-state index in [0.29, 0.717) is 23.7 Å². The highest BCUT2D eigenvalue weighted by Gasteiger charge is 2.17. The molecule has 5 nitrogen and oxygen atoms in total. The Labute approximate surface area is 161 Å². The van der Waals surface area contributed by atoms with E-state index in [1.807, 2.05) is 48.7 Å². The molecule has 0 radical (unpaired) electrons. The third kappa shape index (κ3) is 4.17. The molecule has 1 amide bonds. The molecule has 0 aliphatic heterocycles. The molecule has 2 heterocycles. The van der Waals surface area contributed by atoms with Crippen LogP contribution in [0.2, 0.25) is 0 Å². The van der Waals surface area contributed by atoms with Gasteiger partial charge in [-0.2, -0.15) is 5.10 Å². The number of hydrogen-bond donors (Lipinski definition) is 1. The molecule has 26 heavy (non-hydrogen) atoms. The number of aromatic amines is 1. The zero-order valence-electron chi connectivity index (χ0n) is 14.5. The Hall–Kier alpha value is -2.51. The molecule has 0 spiro atoms. The molecular weight excluding hydrogens is 364 g/mol. The topological polar surface area (TPSA) is 53.9 Å². The van der Waals surface area contributed by atoms with Crippen LogP contribution in [0, 0.1) is 11.7 Å². The molecule has 3 rings (SSSR count). The second-order valence-corrected chi connectivity index (χ2v) is 7.37. The minimum atomic E-state index is -0.0239. The van der Waals surface area contributed by atoms with Gasteiger partial charge in [0, 0.05) is 17.0 Å². The van der Waals surface area contributed by atoms with Crippen molar-refractivity contribution in [3.05, 3.63) is 69.6 Å². The van der Waals surface area contributed by atoms with Crippen LogP contribution in [-0.2, 0) is 17.9 Å². The number of aryl methyl sites for hydroxylation is 1. The largest absolute Gasteiger partial charge is 0.332 e. The molecule has 2 aromatic heterocycles. The monoisotopic (exact) mass is 384 g/mol. The molecule has 0 atom stereocenters. The maximum Gasteiger partial charge on any atom is 0.243 e. The molecular formula is C19H20N4OS2. The second kappa shape index (κ2) is 8.25. The van der Waals surface area contributed by atoms with E-state index in [1.54, 1.807) is 26.9 Å². The SMILES string of the molecule is C=CCN(Cc1cccs1)C(=O)Cn1c(-c2ccc(C)cc2)n[nH]c1=S. The zero-order chi connectivity index (χ0) is 18.5. The standard InChI is InChI=1S/C19H20N4OS2/c1-3-10-22(12-16-5-4-11-26-16)17(24)13-23-18(20-21-19(23)25)15-8-6-14(2)7-9-15/h3-9,11H,1,10,12-13H2,2H3,(H,21,25). The van der Waals surface area contributed by atoms with Crippen molar-refractivity contribution in [2.24, 2.45) is 0 Å². The maximum atomic E-state index is 12.9. The van der Waals surface area contributed by atoms with Crippen LogP contribution >= 0.6 is 23.6 Å². The lowest BCUT2D eigenvalue weighted by Crippen LogP contribution is -2.33. The molecule has 0 fully saturated rings. The Balaban J connectivity index is 1.84. The molecule has 0 saturated heterocycles. The predicted molar refractivity (Wildman–Crippen MR) is 108 cm³/mol. The maximum absolute atomic E-state index is 12.9. The van der Waals surface area contributed by atoms with Crippen LogP contribution in [0.5, 0.6) is 0 Å². The number of nitrogens with one attached hydrogen (secondary N) is 1. The number of rotatable bonds is 7. The summed E-state index contributed by atoms with van der Waals surface area (Å²) >= 11 is 6.97. The minimum absolute atomic E-state index is 0.0239. The highest BCUT2D eigenvalue weighted by molar-refractivity contribution is 7.71. The van der Waals surface area contributed by atoms with Crippen LogP contribution in [0.3, 0.4) is 0 Å². The van der Waals surface area contributed by atoms with Crippen molar-refractivity contribution in [2.45, 2.75) is 20.0 Å². The molecule has 7 heteroatoms. The van der Waals surface area contributed by atoms with Crippen LogP contribution in [-0.4, -0.2) is 32.1 Å². The van der Waals surface area contributed by atoms with Crippen LogP contribution in [0.15, 0.2) is 54.4 Å². The van der Waals surface area contributed by atoms with Gasteiger partial charge in [-0.15, -0.1) is 17.9 Å². The van der Waals surface area contributed by atoms with E-state index >= 15 is 0 Å². The number of carbonyl (C=O) groups excluding carboxylic acids is 1. The van der Waals surface area contributed by atoms with Crippen LogP contribution in [0.4, 0.5) is 0 Å². The number of hydrogen-bond acceptors (Lipinski definition) is 4. The Kier molecular flexibility index (Phi) is 5.80. The highest BCUT2D eigenvalue weighted by atomic mass is 32.1. The first kappa shape index (κ1) is 18.3. The van der Waals surface area contributed by atoms with E-state index in [9.17, 15) is 4.79 Å². The molecule has 0 aliphatic carbocycles. The molecule has 3 aromatic rings. The normalized spacial score (nSPS) is 10.7. The average Bonchev–Trinajstić information content (AvgIpc) is 3.26. The Morgan fingerprint density at radius 2 is 2.15 bits per heavy atom. The van der Waals surface area contributed by atoms with Crippen LogP contribution in [0.25, 0.3) is 11.4 Å². The summed E-state index contributed by atoms with van der Waals surface area (Å²) in [6, 6.07) is 12.0. The second-order valence-electron chi connectivity index (χ2n) is 5.95. The van der Waals surface area contributed by atoms with E-state index in [1.165, 1.54) is 5.56 Å². The summed E-state index contributed by atoms with van der Waals surface area (Å²) < 4.78 is 2.18. The number of thiophene rings is 1. The van der Waals surface area contributed by atoms with Gasteiger partial charge in [0.1, 0.15) is 6.54 Å². The molecule has 1 N–H and O–H groups in total. The fraction of sp³-hybridized carbons (Fsp3) is 0.211. The van der Waals surface area contributed by atoms with Gasteiger partial charge >= 0.3 is 0 Å². The van der Waals surface area contributed by atoms with Gasteiger partial charge in [0.25, 0.3) is 0 Å². The first-order valence-corrected chi connectivity index (χ1v) is 9.50. The summed E-state index contributed by atoms with van der Waals surface area (Å²) in [5.41, 5.74) is 2.09. The van der Waals surface area contributed by atoms with Crippen molar-refractivity contribution in [3.8, 4) is 11.4 Å². The van der Waals surface area contributed by atoms with Crippen molar-refractivity contribution >= 4 is 29.5 Å². The predicted octanol–water partition coefficient (Wildman–Crippen LogP) is 4.19. The number of carbonyl (C=O) groups is 1. The van der Waals surface area contributed by atoms with Gasteiger partial charge < -0.3 is 4.90 Å². The third-order valence-corrected chi connectivity index (χ3v) is 5.16. The van der Waals surface area contributed by atoms with E-state index < -0.39 is 0 Å². The van der Waals surface area contributed by atoms with Gasteiger partial charge in [-0.3, -0.25) is 14.5 Å². The van der Waals surface area contributed by atoms with E-state index in [2.05, 4.69) is 16.8 Å². The van der Waals surface area contributed by atoms with Gasteiger partial charge in [0.05, 0.1) is 6.54 Å². The summed E-state index contributed by atoms with van der Waals surface area (Å²) in [6.07, 6.45) is 1.74. The van der Waals surface area contributed by atoms with Gasteiger partial charge in [0.2, 0.25) is 5.91 Å². The molecule has 0 saturated carbocycles. The Bertz CT molecular complexity index is 939. The number of amides is 1. The first-order valence-electron chi connectivity index (χ1n) is 8.22. The minimum Gasteiger partial charge on any atom is -0.332 e. The van der Waals surface area contributed by atoms with Crippen molar-refractivity contribution in [3.63, 3.8) is 0 Å². The fourth-order valence-electron chi connectivity index (χ4n) is 2.62. The van der Waals surface area contributed by atoms with Gasteiger partial charge in [-0.05, 0) is 30.6 Å². The number of aromatic nitrogens is 3. The smallest absolute Gasteiger partial charge is 0.243 e. The van der Waals surface area contributed by atoms with Gasteiger partial charge in [0.15, 0.2) is 10.6 Å². The summed E-state index contributed by atoms with van der Waals surface area (Å²) in [4.78, 5) is 15.8. The number of benzene rings is 1. The summed E-state index contributed by atoms with van der Waals surface area (Å²) in [7, 11) is 0. The lowest BCUT2D eigenvalue weighted by molar-refractivity contribution is -0.131. The summed E-state index contributed by atoms with van der Waals surface area (Å²) in [5.74, 6) is 0.641. The van der Waals surface area contributed by atoms with Crippen LogP contribution < -0.4 is 0 Å². The van der Waals surface area contributed by atoms with E-state index in [4.69, 9.17) is 12.2 Å². The molecule has 134 valence electrons. The lowest BCUT2D eigenvalue weighted by Gasteiger charge is -2.21. The highest BCUT2D eigenvalue weighted by Crippen LogP contribution is 2.19. The van der Waals surface area contributed by atoms with E-state index in [-0.39, 0.29) is 12.5 Å². The molecule has 0 bridgehead atoms. The average molecular weight is 385 g/mol. The molecule has 0 aliphatic rings.